The van der Waals surface area contributed by atoms with Crippen molar-refractivity contribution in [2.75, 3.05) is 65.7 Å². The molecule has 2 aliphatic heterocycles. The SMILES string of the molecule is CC1(C)CC(n2ncc3c(cnn3CCN3CCOCC3)c2=O)CC(C)(C)C1.CC1(C)CC(n2ncc3nn(CCN4CCOCC4)cc3c2=O)CC(C)(C)C1.CCCn1cc2c(=O)n(C3CC(C)(C)CC(C)(C)C3)ncc2n1.CCCn1ncc2c(=O)n(C3CC(C)(C)CC(C)(C)C3)ncc21. The Hall–Kier alpha value is -6.76. The maximum absolute atomic E-state index is 13.2. The Bertz CT molecular complexity index is 4260. The number of rotatable bonds is 14. The summed E-state index contributed by atoms with van der Waals surface area (Å²) in [6.45, 7) is 53.0. The van der Waals surface area contributed by atoms with E-state index >= 15 is 0 Å². The lowest BCUT2D eigenvalue weighted by molar-refractivity contribution is 0.0360. The van der Waals surface area contributed by atoms with Gasteiger partial charge in [-0.3, -0.25) is 47.7 Å². The molecule has 8 aromatic rings. The van der Waals surface area contributed by atoms with Crippen LogP contribution in [0, 0.1) is 43.3 Å². The van der Waals surface area contributed by atoms with E-state index in [4.69, 9.17) is 9.47 Å². The van der Waals surface area contributed by atoms with E-state index < -0.39 is 0 Å². The molecule has 0 radical (unpaired) electrons. The number of ether oxygens (including phenoxy) is 2. The first kappa shape index (κ1) is 76.4. The summed E-state index contributed by atoms with van der Waals surface area (Å²) in [6, 6.07) is 0.625. The van der Waals surface area contributed by atoms with Gasteiger partial charge in [-0.15, -0.1) is 0 Å². The third-order valence-electron chi connectivity index (χ3n) is 22.2. The molecule has 8 aromatic heterocycles. The van der Waals surface area contributed by atoms with Gasteiger partial charge in [0.2, 0.25) is 0 Å². The van der Waals surface area contributed by atoms with E-state index in [1.54, 1.807) is 43.5 Å². The van der Waals surface area contributed by atoms with Gasteiger partial charge in [-0.05, 0) is 133 Å². The van der Waals surface area contributed by atoms with Crippen LogP contribution in [0.2, 0.25) is 0 Å². The van der Waals surface area contributed by atoms with Gasteiger partial charge in [0.15, 0.2) is 0 Å². The number of morpholine rings is 2. The third kappa shape index (κ3) is 18.5. The highest BCUT2D eigenvalue weighted by atomic mass is 16.5. The lowest BCUT2D eigenvalue weighted by atomic mass is 9.63. The number of aromatic nitrogens is 16. The summed E-state index contributed by atoms with van der Waals surface area (Å²) in [6.07, 6.45) is 29.0. The summed E-state index contributed by atoms with van der Waals surface area (Å²) >= 11 is 0. The van der Waals surface area contributed by atoms with E-state index in [-0.39, 0.29) is 89.7 Å². The number of hydrogen-bond donors (Lipinski definition) is 0. The molecule has 0 amide bonds. The molecule has 0 spiro atoms. The Kier molecular flexibility index (Phi) is 22.5. The second-order valence-electron chi connectivity index (χ2n) is 37.5. The molecule has 6 fully saturated rings. The molecule has 0 aromatic carbocycles. The lowest BCUT2D eigenvalue weighted by Crippen LogP contribution is -2.39. The van der Waals surface area contributed by atoms with Gasteiger partial charge < -0.3 is 9.47 Å². The Balaban J connectivity index is 0.000000137. The van der Waals surface area contributed by atoms with Crippen molar-refractivity contribution in [1.82, 2.24) is 88.0 Å². The van der Waals surface area contributed by atoms with Crippen LogP contribution in [-0.4, -0.2) is 154 Å². The van der Waals surface area contributed by atoms with Crippen LogP contribution in [0.15, 0.2) is 68.8 Å². The molecule has 0 unspecified atom stereocenters. The van der Waals surface area contributed by atoms with Crippen molar-refractivity contribution in [2.45, 2.75) is 265 Å². The van der Waals surface area contributed by atoms with Crippen LogP contribution >= 0.6 is 0 Å². The molecule has 14 rings (SSSR count). The fourth-order valence-electron chi connectivity index (χ4n) is 20.0. The highest BCUT2D eigenvalue weighted by Crippen LogP contribution is 2.53. The van der Waals surface area contributed by atoms with E-state index in [2.05, 4.69) is 175 Å². The summed E-state index contributed by atoms with van der Waals surface area (Å²) in [7, 11) is 0. The van der Waals surface area contributed by atoms with Gasteiger partial charge in [-0.1, -0.05) is 125 Å². The molecule has 0 bridgehead atoms. The average Bonchev–Trinajstić information content (AvgIpc) is 1.05. The van der Waals surface area contributed by atoms with Crippen LogP contribution in [0.4, 0.5) is 0 Å². The fourth-order valence-corrected chi connectivity index (χ4v) is 20.0. The van der Waals surface area contributed by atoms with E-state index in [9.17, 15) is 19.2 Å². The second-order valence-corrected chi connectivity index (χ2v) is 37.5. The standard InChI is InChI=1S/2C21H33N5O2.2C18H28N4O/c1-20(2)11-16(12-21(3,4)15-20)26-19(27)17-14-25(23-18(17)13-22-26)6-5-24-7-9-28-10-8-24;1-20(2)11-16(12-21(3,4)15-20)26-19(27)17-13-22-25(18(17)14-23-26)6-5-24-7-9-28-10-8-24;1-6-7-21-11-14-15(20-21)10-19-22(16(14)23)13-8-17(2,3)12-18(4,5)9-13;1-6-7-21-15-11-20-22(16(23)14(15)10-19-21)13-8-17(2,3)12-18(4,5)9-13/h2*13-14,16H,5-12,15H2,1-4H3;2*10-11,13H,6-9,12H2,1-5H3. The predicted octanol–water partition coefficient (Wildman–Crippen LogP) is 13.0. The molecule has 4 aliphatic carbocycles. The number of fused-ring (bicyclic) bond motifs is 4. The Labute approximate surface area is 603 Å². The van der Waals surface area contributed by atoms with Crippen molar-refractivity contribution in [1.29, 1.82) is 0 Å². The Morgan fingerprint density at radius 3 is 0.951 bits per heavy atom. The van der Waals surface area contributed by atoms with Crippen molar-refractivity contribution in [3.8, 4) is 0 Å². The van der Waals surface area contributed by atoms with Crippen molar-refractivity contribution in [2.24, 2.45) is 43.3 Å². The smallest absolute Gasteiger partial charge is 0.278 e. The minimum absolute atomic E-state index is 0.00310. The molecule has 4 saturated carbocycles. The Morgan fingerprint density at radius 2 is 0.627 bits per heavy atom. The van der Waals surface area contributed by atoms with E-state index in [1.807, 2.05) is 43.5 Å². The highest BCUT2D eigenvalue weighted by Gasteiger charge is 2.44. The van der Waals surface area contributed by atoms with Crippen LogP contribution in [-0.2, 0) is 35.7 Å². The molecule has 10 heterocycles. The topological polar surface area (TPSA) is 236 Å². The second kappa shape index (κ2) is 30.0. The van der Waals surface area contributed by atoms with Crippen molar-refractivity contribution in [3.05, 3.63) is 91.0 Å². The Morgan fingerprint density at radius 1 is 0.343 bits per heavy atom. The number of nitrogens with zero attached hydrogens (tertiary/aromatic N) is 18. The molecule has 0 atom stereocenters. The van der Waals surface area contributed by atoms with Crippen LogP contribution in [0.5, 0.6) is 0 Å². The zero-order valence-electron chi connectivity index (χ0n) is 65.2. The molecular weight excluding hydrogens is 1280 g/mol. The first-order valence-electron chi connectivity index (χ1n) is 38.3. The van der Waals surface area contributed by atoms with Gasteiger partial charge in [0.25, 0.3) is 22.2 Å². The van der Waals surface area contributed by atoms with Gasteiger partial charge >= 0.3 is 0 Å². The molecule has 102 heavy (non-hydrogen) atoms. The van der Waals surface area contributed by atoms with Crippen LogP contribution in [0.25, 0.3) is 43.6 Å². The molecule has 24 nitrogen and oxygen atoms in total. The summed E-state index contributed by atoms with van der Waals surface area (Å²) in [5.41, 5.74) is 4.85. The first-order chi connectivity index (χ1) is 47.9. The van der Waals surface area contributed by atoms with Crippen molar-refractivity contribution >= 4 is 43.6 Å². The fraction of sp³-hybridized carbons (Fsp3) is 0.744. The van der Waals surface area contributed by atoms with Gasteiger partial charge in [-0.2, -0.15) is 40.8 Å². The van der Waals surface area contributed by atoms with Crippen molar-refractivity contribution < 1.29 is 9.47 Å². The largest absolute Gasteiger partial charge is 0.379 e. The lowest BCUT2D eigenvalue weighted by Gasteiger charge is -2.44. The monoisotopic (exact) mass is 1410 g/mol. The third-order valence-corrected chi connectivity index (χ3v) is 22.2. The maximum Gasteiger partial charge on any atom is 0.278 e. The van der Waals surface area contributed by atoms with Gasteiger partial charge in [0.1, 0.15) is 11.0 Å². The minimum Gasteiger partial charge on any atom is -0.379 e. The molecule has 24 heteroatoms. The van der Waals surface area contributed by atoms with Crippen LogP contribution < -0.4 is 22.2 Å². The normalized spacial score (nSPS) is 22.2. The summed E-state index contributed by atoms with van der Waals surface area (Å²) in [5, 5.41) is 38.7. The summed E-state index contributed by atoms with van der Waals surface area (Å²) in [5.74, 6) is 0. The van der Waals surface area contributed by atoms with Crippen molar-refractivity contribution in [3.63, 3.8) is 0 Å². The van der Waals surface area contributed by atoms with Gasteiger partial charge in [0.05, 0.1) is 133 Å². The quantitative estimate of drug-likeness (QED) is 0.0984. The minimum atomic E-state index is -0.00591. The summed E-state index contributed by atoms with van der Waals surface area (Å²) < 4.78 is 25.2. The van der Waals surface area contributed by atoms with Crippen LogP contribution in [0.3, 0.4) is 0 Å². The zero-order chi connectivity index (χ0) is 73.5. The van der Waals surface area contributed by atoms with E-state index in [0.717, 1.165) is 167 Å². The summed E-state index contributed by atoms with van der Waals surface area (Å²) in [4.78, 5) is 57.0. The van der Waals surface area contributed by atoms with E-state index in [1.165, 1.54) is 25.7 Å². The molecule has 0 N–H and O–H groups in total. The number of aryl methyl sites for hydroxylation is 2. The molecule has 2 saturated heterocycles. The number of hydrogen-bond acceptors (Lipinski definition) is 16. The van der Waals surface area contributed by atoms with E-state index in [0.29, 0.717) is 32.6 Å². The average molecular weight is 1410 g/mol. The highest BCUT2D eigenvalue weighted by molar-refractivity contribution is 5.78. The molecule has 560 valence electrons. The van der Waals surface area contributed by atoms with Gasteiger partial charge in [0, 0.05) is 64.8 Å². The first-order valence-corrected chi connectivity index (χ1v) is 38.3. The molecular formula is C78H122N18O6. The van der Waals surface area contributed by atoms with Gasteiger partial charge in [-0.25, -0.2) is 18.7 Å². The predicted molar refractivity (Wildman–Crippen MR) is 404 cm³/mol. The maximum atomic E-state index is 13.2. The van der Waals surface area contributed by atoms with Crippen LogP contribution in [0.1, 0.15) is 239 Å². The molecule has 6 aliphatic rings. The zero-order valence-corrected chi connectivity index (χ0v) is 65.2.